The van der Waals surface area contributed by atoms with Crippen LogP contribution in [0.25, 0.3) is 0 Å². The van der Waals surface area contributed by atoms with E-state index in [4.69, 9.17) is 5.73 Å². The maximum absolute atomic E-state index is 13.2. The molecule has 1 saturated carbocycles. The quantitative estimate of drug-likeness (QED) is 0.602. The first-order chi connectivity index (χ1) is 4.97. The molecular formula is C8H16FNO. The molecule has 1 aliphatic carbocycles. The topological polar surface area (TPSA) is 46.2 Å². The van der Waals surface area contributed by atoms with Crippen molar-refractivity contribution in [1.82, 2.24) is 0 Å². The molecule has 0 saturated heterocycles. The standard InChI is InChI=1S/C8H16FNO/c1-7(9)2-4-8(11,6-10)5-3-7/h11H,2-6,10H2,1H3. The molecule has 66 valence electrons. The lowest BCUT2D eigenvalue weighted by Gasteiger charge is -2.36. The number of nitrogens with two attached hydrogens (primary N) is 1. The van der Waals surface area contributed by atoms with Gasteiger partial charge >= 0.3 is 0 Å². The van der Waals surface area contributed by atoms with Crippen molar-refractivity contribution in [3.63, 3.8) is 0 Å². The maximum atomic E-state index is 13.2. The second-order valence-corrected chi connectivity index (χ2v) is 3.84. The van der Waals surface area contributed by atoms with Crippen molar-refractivity contribution in [3.8, 4) is 0 Å². The molecule has 2 nitrogen and oxygen atoms in total. The van der Waals surface area contributed by atoms with Gasteiger partial charge < -0.3 is 10.8 Å². The minimum atomic E-state index is -1.08. The predicted molar refractivity (Wildman–Crippen MR) is 42.0 cm³/mol. The number of hydrogen-bond acceptors (Lipinski definition) is 2. The second-order valence-electron chi connectivity index (χ2n) is 3.84. The Morgan fingerprint density at radius 1 is 1.36 bits per heavy atom. The van der Waals surface area contributed by atoms with Crippen molar-refractivity contribution >= 4 is 0 Å². The van der Waals surface area contributed by atoms with Crippen molar-refractivity contribution in [2.75, 3.05) is 6.54 Å². The first kappa shape index (κ1) is 8.94. The van der Waals surface area contributed by atoms with Crippen molar-refractivity contribution in [2.45, 2.75) is 43.9 Å². The van der Waals surface area contributed by atoms with Crippen LogP contribution in [0.4, 0.5) is 4.39 Å². The molecule has 0 aromatic carbocycles. The van der Waals surface area contributed by atoms with Crippen LogP contribution in [-0.2, 0) is 0 Å². The van der Waals surface area contributed by atoms with Gasteiger partial charge in [-0.15, -0.1) is 0 Å². The molecule has 0 atom stereocenters. The number of halogens is 1. The van der Waals surface area contributed by atoms with Gasteiger partial charge in [0, 0.05) is 6.54 Å². The fourth-order valence-electron chi connectivity index (χ4n) is 1.44. The molecule has 0 aromatic heterocycles. The first-order valence-electron chi connectivity index (χ1n) is 4.09. The minimum Gasteiger partial charge on any atom is -0.389 e. The van der Waals surface area contributed by atoms with E-state index in [1.807, 2.05) is 0 Å². The zero-order chi connectivity index (χ0) is 8.54. The van der Waals surface area contributed by atoms with Crippen LogP contribution < -0.4 is 5.73 Å². The largest absolute Gasteiger partial charge is 0.389 e. The third kappa shape index (κ3) is 2.14. The third-order valence-corrected chi connectivity index (χ3v) is 2.60. The van der Waals surface area contributed by atoms with E-state index >= 15 is 0 Å². The van der Waals surface area contributed by atoms with E-state index in [0.717, 1.165) is 0 Å². The maximum Gasteiger partial charge on any atom is 0.108 e. The molecule has 0 radical (unpaired) electrons. The second kappa shape index (κ2) is 2.72. The highest BCUT2D eigenvalue weighted by atomic mass is 19.1. The summed E-state index contributed by atoms with van der Waals surface area (Å²) < 4.78 is 13.2. The lowest BCUT2D eigenvalue weighted by Crippen LogP contribution is -2.44. The summed E-state index contributed by atoms with van der Waals surface area (Å²) in [6.07, 6.45) is 1.86. The summed E-state index contributed by atoms with van der Waals surface area (Å²) in [4.78, 5) is 0. The third-order valence-electron chi connectivity index (χ3n) is 2.60. The summed E-state index contributed by atoms with van der Waals surface area (Å²) in [5, 5.41) is 9.62. The average Bonchev–Trinajstić information content (AvgIpc) is 1.97. The zero-order valence-corrected chi connectivity index (χ0v) is 6.94. The molecule has 0 aromatic rings. The van der Waals surface area contributed by atoms with E-state index in [1.165, 1.54) is 0 Å². The fraction of sp³-hybridized carbons (Fsp3) is 1.00. The molecule has 0 aliphatic heterocycles. The van der Waals surface area contributed by atoms with Crippen LogP contribution in [0, 0.1) is 0 Å². The van der Waals surface area contributed by atoms with Crippen molar-refractivity contribution < 1.29 is 9.50 Å². The Morgan fingerprint density at radius 2 is 1.82 bits per heavy atom. The summed E-state index contributed by atoms with van der Waals surface area (Å²) >= 11 is 0. The van der Waals surface area contributed by atoms with Gasteiger partial charge in [0.15, 0.2) is 0 Å². The van der Waals surface area contributed by atoms with Gasteiger partial charge in [0.25, 0.3) is 0 Å². The van der Waals surface area contributed by atoms with E-state index in [0.29, 0.717) is 25.7 Å². The van der Waals surface area contributed by atoms with Crippen LogP contribution in [-0.4, -0.2) is 22.9 Å². The highest BCUT2D eigenvalue weighted by molar-refractivity contribution is 4.91. The van der Waals surface area contributed by atoms with Crippen LogP contribution in [0.1, 0.15) is 32.6 Å². The molecule has 11 heavy (non-hydrogen) atoms. The van der Waals surface area contributed by atoms with Crippen LogP contribution in [0.5, 0.6) is 0 Å². The van der Waals surface area contributed by atoms with Crippen molar-refractivity contribution in [1.29, 1.82) is 0 Å². The molecule has 1 aliphatic rings. The van der Waals surface area contributed by atoms with E-state index in [2.05, 4.69) is 0 Å². The Balaban J connectivity index is 2.48. The summed E-state index contributed by atoms with van der Waals surface area (Å²) in [6, 6.07) is 0. The normalized spacial score (nSPS) is 45.8. The minimum absolute atomic E-state index is 0.253. The summed E-state index contributed by atoms with van der Waals surface area (Å²) in [6.45, 7) is 1.84. The van der Waals surface area contributed by atoms with Crippen LogP contribution in [0.2, 0.25) is 0 Å². The molecule has 0 bridgehead atoms. The SMILES string of the molecule is CC1(F)CCC(O)(CN)CC1. The molecule has 0 heterocycles. The number of hydrogen-bond donors (Lipinski definition) is 2. The predicted octanol–water partition coefficient (Wildman–Crippen LogP) is 0.978. The van der Waals surface area contributed by atoms with Gasteiger partial charge in [0.05, 0.1) is 5.60 Å². The van der Waals surface area contributed by atoms with Gasteiger partial charge in [-0.2, -0.15) is 0 Å². The van der Waals surface area contributed by atoms with Crippen LogP contribution in [0.3, 0.4) is 0 Å². The molecule has 3 heteroatoms. The Hall–Kier alpha value is -0.150. The molecule has 3 N–H and O–H groups in total. The van der Waals surface area contributed by atoms with Gasteiger partial charge in [-0.05, 0) is 32.6 Å². The highest BCUT2D eigenvalue weighted by Gasteiger charge is 2.37. The Kier molecular flexibility index (Phi) is 2.21. The molecule has 1 fully saturated rings. The van der Waals surface area contributed by atoms with E-state index in [9.17, 15) is 9.50 Å². The molecule has 1 rings (SSSR count). The fourth-order valence-corrected chi connectivity index (χ4v) is 1.44. The van der Waals surface area contributed by atoms with Crippen molar-refractivity contribution in [3.05, 3.63) is 0 Å². The number of alkyl halides is 1. The monoisotopic (exact) mass is 161 g/mol. The number of aliphatic hydroxyl groups is 1. The van der Waals surface area contributed by atoms with Gasteiger partial charge in [0.1, 0.15) is 5.67 Å². The zero-order valence-electron chi connectivity index (χ0n) is 6.94. The molecule has 0 spiro atoms. The van der Waals surface area contributed by atoms with E-state index < -0.39 is 11.3 Å². The van der Waals surface area contributed by atoms with Gasteiger partial charge in [0.2, 0.25) is 0 Å². The van der Waals surface area contributed by atoms with E-state index in [1.54, 1.807) is 6.92 Å². The van der Waals surface area contributed by atoms with E-state index in [-0.39, 0.29) is 6.54 Å². The number of rotatable bonds is 1. The lowest BCUT2D eigenvalue weighted by molar-refractivity contribution is -0.0330. The average molecular weight is 161 g/mol. The molecular weight excluding hydrogens is 145 g/mol. The Morgan fingerprint density at radius 3 is 2.18 bits per heavy atom. The Bertz CT molecular complexity index is 137. The molecule has 0 amide bonds. The van der Waals surface area contributed by atoms with Crippen LogP contribution >= 0.6 is 0 Å². The van der Waals surface area contributed by atoms with Crippen LogP contribution in [0.15, 0.2) is 0 Å². The summed E-state index contributed by atoms with van der Waals surface area (Å²) in [5.74, 6) is 0. The summed E-state index contributed by atoms with van der Waals surface area (Å²) in [5.41, 5.74) is 3.49. The first-order valence-corrected chi connectivity index (χ1v) is 4.09. The van der Waals surface area contributed by atoms with Gasteiger partial charge in [-0.1, -0.05) is 0 Å². The molecule has 0 unspecified atom stereocenters. The summed E-state index contributed by atoms with van der Waals surface area (Å²) in [7, 11) is 0. The van der Waals surface area contributed by atoms with Gasteiger partial charge in [-0.3, -0.25) is 0 Å². The van der Waals surface area contributed by atoms with Crippen molar-refractivity contribution in [2.24, 2.45) is 5.73 Å². The lowest BCUT2D eigenvalue weighted by atomic mass is 9.78. The highest BCUT2D eigenvalue weighted by Crippen LogP contribution is 2.36. The van der Waals surface area contributed by atoms with Gasteiger partial charge in [-0.25, -0.2) is 4.39 Å². The smallest absolute Gasteiger partial charge is 0.108 e. The Labute approximate surface area is 66.6 Å².